The SMILES string of the molecule is CCCCNC(=O)[C@@H](CC)N(Cc1ccc(C)cc1)C(=O)CN(c1ccc(Cl)cc1C)S(=O)(=O)c1ccccc1. The van der Waals surface area contributed by atoms with Crippen LogP contribution >= 0.6 is 11.6 Å². The van der Waals surface area contributed by atoms with Gasteiger partial charge in [0, 0.05) is 18.1 Å². The van der Waals surface area contributed by atoms with Gasteiger partial charge in [-0.25, -0.2) is 8.42 Å². The third kappa shape index (κ3) is 7.86. The first kappa shape index (κ1) is 31.2. The Labute approximate surface area is 243 Å². The van der Waals surface area contributed by atoms with Crippen LogP contribution in [0.4, 0.5) is 5.69 Å². The predicted molar refractivity (Wildman–Crippen MR) is 161 cm³/mol. The molecule has 0 aliphatic carbocycles. The van der Waals surface area contributed by atoms with Crippen LogP contribution in [0.15, 0.2) is 77.7 Å². The van der Waals surface area contributed by atoms with Gasteiger partial charge in [-0.3, -0.25) is 13.9 Å². The Balaban J connectivity index is 2.05. The van der Waals surface area contributed by atoms with E-state index in [1.54, 1.807) is 43.3 Å². The third-order valence-electron chi connectivity index (χ3n) is 6.73. The van der Waals surface area contributed by atoms with Crippen LogP contribution in [0.2, 0.25) is 5.02 Å². The molecular formula is C31H38ClN3O4S. The first-order chi connectivity index (χ1) is 19.1. The number of rotatable bonds is 13. The van der Waals surface area contributed by atoms with Crippen LogP contribution in [0, 0.1) is 13.8 Å². The van der Waals surface area contributed by atoms with Gasteiger partial charge in [-0.15, -0.1) is 0 Å². The van der Waals surface area contributed by atoms with Gasteiger partial charge in [0.1, 0.15) is 12.6 Å². The standard InChI is InChI=1S/C31H38ClN3O4S/c1-5-7-19-33-31(37)28(6-2)34(21-25-15-13-23(3)14-16-25)30(36)22-35(29-18-17-26(32)20-24(29)4)40(38,39)27-11-9-8-10-12-27/h8-18,20,28H,5-7,19,21-22H2,1-4H3,(H,33,37)/t28-/m1/s1. The van der Waals surface area contributed by atoms with E-state index in [1.807, 2.05) is 45.0 Å². The molecule has 0 aliphatic rings. The lowest BCUT2D eigenvalue weighted by atomic mass is 10.1. The van der Waals surface area contributed by atoms with Crippen molar-refractivity contribution in [1.82, 2.24) is 10.2 Å². The molecule has 7 nitrogen and oxygen atoms in total. The van der Waals surface area contributed by atoms with Crippen LogP contribution in [0.3, 0.4) is 0 Å². The number of carbonyl (C=O) groups excluding carboxylic acids is 2. The second-order valence-corrected chi connectivity index (χ2v) is 12.1. The maximum Gasteiger partial charge on any atom is 0.264 e. The van der Waals surface area contributed by atoms with Crippen LogP contribution in [0.25, 0.3) is 0 Å². The Morgan fingerprint density at radius 3 is 2.23 bits per heavy atom. The molecule has 0 heterocycles. The number of nitrogens with zero attached hydrogens (tertiary/aromatic N) is 2. The number of hydrogen-bond acceptors (Lipinski definition) is 4. The van der Waals surface area contributed by atoms with Crippen molar-refractivity contribution < 1.29 is 18.0 Å². The van der Waals surface area contributed by atoms with Gasteiger partial charge in [0.25, 0.3) is 10.0 Å². The molecule has 0 unspecified atom stereocenters. The molecule has 0 saturated heterocycles. The molecule has 9 heteroatoms. The van der Waals surface area contributed by atoms with Gasteiger partial charge in [-0.05, 0) is 68.1 Å². The van der Waals surface area contributed by atoms with Gasteiger partial charge in [0.15, 0.2) is 0 Å². The lowest BCUT2D eigenvalue weighted by Gasteiger charge is -2.33. The molecule has 0 aliphatic heterocycles. The number of hydrogen-bond donors (Lipinski definition) is 1. The zero-order valence-electron chi connectivity index (χ0n) is 23.6. The van der Waals surface area contributed by atoms with E-state index < -0.39 is 28.5 Å². The average molecular weight is 584 g/mol. The van der Waals surface area contributed by atoms with E-state index in [4.69, 9.17) is 11.6 Å². The molecule has 1 atom stereocenters. The molecular weight excluding hydrogens is 546 g/mol. The summed E-state index contributed by atoms with van der Waals surface area (Å²) in [7, 11) is -4.12. The van der Waals surface area contributed by atoms with Gasteiger partial charge < -0.3 is 10.2 Å². The minimum Gasteiger partial charge on any atom is -0.354 e. The van der Waals surface area contributed by atoms with Crippen LogP contribution in [-0.4, -0.2) is 44.3 Å². The Morgan fingerprint density at radius 2 is 1.62 bits per heavy atom. The summed E-state index contributed by atoms with van der Waals surface area (Å²) in [5, 5.41) is 3.40. The number of sulfonamides is 1. The molecule has 3 rings (SSSR count). The van der Waals surface area contributed by atoms with Crippen LogP contribution in [0.5, 0.6) is 0 Å². The summed E-state index contributed by atoms with van der Waals surface area (Å²) < 4.78 is 28.9. The van der Waals surface area contributed by atoms with E-state index >= 15 is 0 Å². The number of halogens is 1. The fraction of sp³-hybridized carbons (Fsp3) is 0.355. The lowest BCUT2D eigenvalue weighted by molar-refractivity contribution is -0.140. The van der Waals surface area contributed by atoms with Crippen molar-refractivity contribution in [1.29, 1.82) is 0 Å². The second kappa shape index (κ2) is 14.3. The Morgan fingerprint density at radius 1 is 0.950 bits per heavy atom. The average Bonchev–Trinajstić information content (AvgIpc) is 2.93. The van der Waals surface area contributed by atoms with Gasteiger partial charge in [0.2, 0.25) is 11.8 Å². The molecule has 0 fully saturated rings. The zero-order valence-corrected chi connectivity index (χ0v) is 25.1. The molecule has 3 aromatic carbocycles. The van der Waals surface area contributed by atoms with E-state index in [1.165, 1.54) is 17.0 Å². The highest BCUT2D eigenvalue weighted by molar-refractivity contribution is 7.92. The van der Waals surface area contributed by atoms with E-state index in [0.717, 1.165) is 28.3 Å². The summed E-state index contributed by atoms with van der Waals surface area (Å²) in [4.78, 5) is 28.9. The Bertz CT molecular complexity index is 1400. The minimum absolute atomic E-state index is 0.0617. The fourth-order valence-electron chi connectivity index (χ4n) is 4.45. The van der Waals surface area contributed by atoms with Crippen molar-refractivity contribution in [2.75, 3.05) is 17.4 Å². The molecule has 0 spiro atoms. The highest BCUT2D eigenvalue weighted by Crippen LogP contribution is 2.29. The van der Waals surface area contributed by atoms with Gasteiger partial charge in [-0.1, -0.05) is 79.9 Å². The van der Waals surface area contributed by atoms with E-state index in [-0.39, 0.29) is 17.3 Å². The smallest absolute Gasteiger partial charge is 0.264 e. The van der Waals surface area contributed by atoms with E-state index in [0.29, 0.717) is 29.2 Å². The summed E-state index contributed by atoms with van der Waals surface area (Å²) in [6.07, 6.45) is 2.13. The number of anilines is 1. The second-order valence-electron chi connectivity index (χ2n) is 9.83. The predicted octanol–water partition coefficient (Wildman–Crippen LogP) is 5.88. The quantitative estimate of drug-likeness (QED) is 0.255. The number of nitrogens with one attached hydrogen (secondary N) is 1. The molecule has 0 radical (unpaired) electrons. The van der Waals surface area contributed by atoms with Crippen molar-refractivity contribution in [3.05, 3.63) is 94.5 Å². The Hall–Kier alpha value is -3.36. The van der Waals surface area contributed by atoms with Crippen molar-refractivity contribution in [3.63, 3.8) is 0 Å². The van der Waals surface area contributed by atoms with Crippen molar-refractivity contribution in [2.24, 2.45) is 0 Å². The number of unbranched alkanes of at least 4 members (excludes halogenated alkanes) is 1. The van der Waals surface area contributed by atoms with Crippen molar-refractivity contribution in [2.45, 2.75) is 64.4 Å². The molecule has 2 amide bonds. The first-order valence-electron chi connectivity index (χ1n) is 13.5. The topological polar surface area (TPSA) is 86.8 Å². The monoisotopic (exact) mass is 583 g/mol. The summed E-state index contributed by atoms with van der Waals surface area (Å²) in [6, 6.07) is 19.8. The summed E-state index contributed by atoms with van der Waals surface area (Å²) in [5.74, 6) is -0.733. The van der Waals surface area contributed by atoms with Gasteiger partial charge in [0.05, 0.1) is 10.6 Å². The molecule has 0 aromatic heterocycles. The van der Waals surface area contributed by atoms with Gasteiger partial charge in [-0.2, -0.15) is 0 Å². The Kier molecular flexibility index (Phi) is 11.2. The summed E-state index contributed by atoms with van der Waals surface area (Å²) in [5.41, 5.74) is 2.87. The lowest BCUT2D eigenvalue weighted by Crippen LogP contribution is -2.52. The first-order valence-corrected chi connectivity index (χ1v) is 15.4. The molecule has 40 heavy (non-hydrogen) atoms. The highest BCUT2D eigenvalue weighted by Gasteiger charge is 2.34. The molecule has 0 bridgehead atoms. The van der Waals surface area contributed by atoms with Crippen molar-refractivity contribution >= 4 is 39.1 Å². The van der Waals surface area contributed by atoms with E-state index in [9.17, 15) is 18.0 Å². The largest absolute Gasteiger partial charge is 0.354 e. The van der Waals surface area contributed by atoms with Crippen LogP contribution in [0.1, 0.15) is 49.8 Å². The van der Waals surface area contributed by atoms with Crippen molar-refractivity contribution in [3.8, 4) is 0 Å². The van der Waals surface area contributed by atoms with E-state index in [2.05, 4.69) is 5.32 Å². The van der Waals surface area contributed by atoms with Crippen LogP contribution < -0.4 is 9.62 Å². The minimum atomic E-state index is -4.12. The molecule has 214 valence electrons. The number of benzene rings is 3. The number of amides is 2. The summed E-state index contributed by atoms with van der Waals surface area (Å²) in [6.45, 7) is 7.81. The normalized spacial score (nSPS) is 12.0. The number of aryl methyl sites for hydroxylation is 2. The maximum absolute atomic E-state index is 14.1. The maximum atomic E-state index is 14.1. The molecule has 3 aromatic rings. The fourth-order valence-corrected chi connectivity index (χ4v) is 6.17. The molecule has 0 saturated carbocycles. The molecule has 1 N–H and O–H groups in total. The zero-order chi connectivity index (χ0) is 29.3. The summed E-state index contributed by atoms with van der Waals surface area (Å²) >= 11 is 6.17. The van der Waals surface area contributed by atoms with Crippen LogP contribution in [-0.2, 0) is 26.2 Å². The van der Waals surface area contributed by atoms with Gasteiger partial charge >= 0.3 is 0 Å². The number of carbonyl (C=O) groups is 2. The highest BCUT2D eigenvalue weighted by atomic mass is 35.5. The third-order valence-corrected chi connectivity index (χ3v) is 8.74.